The molecule has 0 aliphatic carbocycles. The van der Waals surface area contributed by atoms with E-state index in [-0.39, 0.29) is 33.0 Å². The molecule has 0 radical (unpaired) electrons. The molecular formula is C21H14Cl2N2O4S. The molecule has 2 aromatic rings. The largest absolute Gasteiger partial charge is 0.493 e. The van der Waals surface area contributed by atoms with Crippen molar-refractivity contribution in [2.45, 2.75) is 0 Å². The number of hydrogen-bond acceptors (Lipinski definition) is 5. The minimum absolute atomic E-state index is 0.0739. The van der Waals surface area contributed by atoms with E-state index in [4.69, 9.17) is 51.3 Å². The van der Waals surface area contributed by atoms with Crippen molar-refractivity contribution in [2.24, 2.45) is 0 Å². The lowest BCUT2D eigenvalue weighted by Gasteiger charge is -2.29. The van der Waals surface area contributed by atoms with Gasteiger partial charge >= 0.3 is 0 Å². The molecule has 9 heteroatoms. The van der Waals surface area contributed by atoms with Gasteiger partial charge < -0.3 is 9.47 Å². The van der Waals surface area contributed by atoms with Gasteiger partial charge in [0.15, 0.2) is 16.6 Å². The molecule has 1 saturated heterocycles. The van der Waals surface area contributed by atoms with Crippen molar-refractivity contribution in [3.05, 3.63) is 57.6 Å². The number of nitrogens with zero attached hydrogens (tertiary/aromatic N) is 1. The number of hydrogen-bond donors (Lipinski definition) is 1. The third-order valence-corrected chi connectivity index (χ3v) is 5.18. The number of amides is 2. The van der Waals surface area contributed by atoms with Crippen LogP contribution in [-0.2, 0) is 9.59 Å². The Kier molecular flexibility index (Phi) is 6.63. The van der Waals surface area contributed by atoms with Gasteiger partial charge in [-0.15, -0.1) is 6.42 Å². The molecule has 2 amide bonds. The summed E-state index contributed by atoms with van der Waals surface area (Å²) in [6.45, 7) is 0.0739. The number of benzene rings is 2. The maximum absolute atomic E-state index is 13.1. The first kappa shape index (κ1) is 21.7. The summed E-state index contributed by atoms with van der Waals surface area (Å²) in [6, 6.07) is 9.68. The minimum Gasteiger partial charge on any atom is -0.493 e. The van der Waals surface area contributed by atoms with E-state index in [1.54, 1.807) is 36.4 Å². The molecule has 0 unspecified atom stereocenters. The molecule has 6 nitrogen and oxygen atoms in total. The second kappa shape index (κ2) is 9.18. The SMILES string of the molecule is C#CCOc1ccc(/C=C2\C(=O)NC(=S)N(c3cccc(Cl)c3Cl)C2=O)cc1OC. The number of anilines is 1. The first-order chi connectivity index (χ1) is 14.4. The van der Waals surface area contributed by atoms with Gasteiger partial charge in [0.05, 0.1) is 22.8 Å². The molecule has 0 saturated carbocycles. The maximum atomic E-state index is 13.1. The molecule has 1 aliphatic heterocycles. The minimum atomic E-state index is -0.639. The molecule has 2 aromatic carbocycles. The average Bonchev–Trinajstić information content (AvgIpc) is 2.72. The zero-order valence-corrected chi connectivity index (χ0v) is 17.9. The summed E-state index contributed by atoms with van der Waals surface area (Å²) < 4.78 is 10.7. The van der Waals surface area contributed by atoms with Gasteiger partial charge in [0, 0.05) is 0 Å². The highest BCUT2D eigenvalue weighted by molar-refractivity contribution is 7.80. The lowest BCUT2D eigenvalue weighted by molar-refractivity contribution is -0.122. The van der Waals surface area contributed by atoms with Crippen molar-refractivity contribution < 1.29 is 19.1 Å². The van der Waals surface area contributed by atoms with Crippen molar-refractivity contribution in [1.82, 2.24) is 5.32 Å². The third kappa shape index (κ3) is 4.26. The molecular weight excluding hydrogens is 447 g/mol. The van der Waals surface area contributed by atoms with Gasteiger partial charge in [0.25, 0.3) is 11.8 Å². The number of carbonyl (C=O) groups excluding carboxylic acids is 2. The highest BCUT2D eigenvalue weighted by atomic mass is 35.5. The molecule has 152 valence electrons. The number of thiocarbonyl (C=S) groups is 1. The van der Waals surface area contributed by atoms with Crippen LogP contribution >= 0.6 is 35.4 Å². The first-order valence-electron chi connectivity index (χ1n) is 8.47. The first-order valence-corrected chi connectivity index (χ1v) is 9.63. The average molecular weight is 461 g/mol. The zero-order chi connectivity index (χ0) is 21.8. The summed E-state index contributed by atoms with van der Waals surface area (Å²) in [5, 5.41) is 2.79. The molecule has 0 bridgehead atoms. The van der Waals surface area contributed by atoms with Crippen molar-refractivity contribution in [2.75, 3.05) is 18.6 Å². The molecule has 3 rings (SSSR count). The number of rotatable bonds is 5. The number of methoxy groups -OCH3 is 1. The Morgan fingerprint density at radius 3 is 2.70 bits per heavy atom. The number of nitrogens with one attached hydrogen (secondary N) is 1. The summed E-state index contributed by atoms with van der Waals surface area (Å²) in [5.41, 5.74) is 0.656. The Labute approximate surface area is 188 Å². The van der Waals surface area contributed by atoms with E-state index in [0.29, 0.717) is 17.1 Å². The molecule has 1 aliphatic rings. The summed E-state index contributed by atoms with van der Waals surface area (Å²) in [6.07, 6.45) is 6.62. The van der Waals surface area contributed by atoms with Gasteiger partial charge in [-0.2, -0.15) is 0 Å². The van der Waals surface area contributed by atoms with Crippen LogP contribution in [0.4, 0.5) is 5.69 Å². The maximum Gasteiger partial charge on any atom is 0.270 e. The van der Waals surface area contributed by atoms with E-state index in [2.05, 4.69) is 11.2 Å². The fourth-order valence-corrected chi connectivity index (χ4v) is 3.37. The summed E-state index contributed by atoms with van der Waals surface area (Å²) in [5.74, 6) is 1.93. The Morgan fingerprint density at radius 2 is 2.00 bits per heavy atom. The Balaban J connectivity index is 2.01. The Bertz CT molecular complexity index is 1120. The van der Waals surface area contributed by atoms with Crippen LogP contribution in [-0.4, -0.2) is 30.6 Å². The fourth-order valence-electron chi connectivity index (χ4n) is 2.72. The van der Waals surface area contributed by atoms with Crippen molar-refractivity contribution in [1.29, 1.82) is 0 Å². The smallest absolute Gasteiger partial charge is 0.270 e. The van der Waals surface area contributed by atoms with Crippen LogP contribution in [0.1, 0.15) is 5.56 Å². The van der Waals surface area contributed by atoms with E-state index in [9.17, 15) is 9.59 Å². The molecule has 1 N–H and O–H groups in total. The Hall–Kier alpha value is -3.05. The summed E-state index contributed by atoms with van der Waals surface area (Å²) in [4.78, 5) is 26.7. The van der Waals surface area contributed by atoms with E-state index < -0.39 is 11.8 Å². The number of halogens is 2. The van der Waals surface area contributed by atoms with Gasteiger partial charge in [-0.25, -0.2) is 0 Å². The quantitative estimate of drug-likeness (QED) is 0.317. The molecule has 1 fully saturated rings. The predicted molar refractivity (Wildman–Crippen MR) is 120 cm³/mol. The Morgan fingerprint density at radius 1 is 1.23 bits per heavy atom. The highest BCUT2D eigenvalue weighted by Gasteiger charge is 2.35. The lowest BCUT2D eigenvalue weighted by Crippen LogP contribution is -2.54. The van der Waals surface area contributed by atoms with E-state index >= 15 is 0 Å². The van der Waals surface area contributed by atoms with Crippen molar-refractivity contribution in [3.63, 3.8) is 0 Å². The standard InChI is InChI=1S/C21H14Cl2N2O4S/c1-3-9-29-16-8-7-12(11-17(16)28-2)10-13-19(26)24-21(30)25(20(13)27)15-6-4-5-14(22)18(15)23/h1,4-8,10-11H,9H2,2H3,(H,24,26,30)/b13-10+. The predicted octanol–water partition coefficient (Wildman–Crippen LogP) is 3.85. The van der Waals surface area contributed by atoms with Gasteiger partial charge in [-0.1, -0.05) is 41.3 Å². The molecule has 0 atom stereocenters. The second-order valence-corrected chi connectivity index (χ2v) is 7.11. The van der Waals surface area contributed by atoms with Crippen molar-refractivity contribution >= 4 is 64.1 Å². The molecule has 30 heavy (non-hydrogen) atoms. The molecule has 0 aromatic heterocycles. The third-order valence-electron chi connectivity index (χ3n) is 4.08. The van der Waals surface area contributed by atoms with E-state index in [0.717, 1.165) is 4.90 Å². The summed E-state index contributed by atoms with van der Waals surface area (Å²) >= 11 is 17.5. The van der Waals surface area contributed by atoms with E-state index in [1.807, 2.05) is 0 Å². The van der Waals surface area contributed by atoms with Crippen LogP contribution in [0, 0.1) is 12.3 Å². The van der Waals surface area contributed by atoms with Gasteiger partial charge in [-0.3, -0.25) is 19.8 Å². The molecule has 1 heterocycles. The van der Waals surface area contributed by atoms with Crippen LogP contribution in [0.3, 0.4) is 0 Å². The number of carbonyl (C=O) groups is 2. The topological polar surface area (TPSA) is 67.9 Å². The van der Waals surface area contributed by atoms with Crippen LogP contribution in [0.5, 0.6) is 11.5 Å². The van der Waals surface area contributed by atoms with Crippen molar-refractivity contribution in [3.8, 4) is 23.8 Å². The monoisotopic (exact) mass is 460 g/mol. The molecule has 0 spiro atoms. The number of terminal acetylenes is 1. The second-order valence-electron chi connectivity index (χ2n) is 5.93. The fraction of sp³-hybridized carbons (Fsp3) is 0.0952. The normalized spacial score (nSPS) is 15.1. The van der Waals surface area contributed by atoms with Crippen LogP contribution in [0.2, 0.25) is 10.0 Å². The van der Waals surface area contributed by atoms with E-state index in [1.165, 1.54) is 13.2 Å². The lowest BCUT2D eigenvalue weighted by atomic mass is 10.1. The van der Waals surface area contributed by atoms with Gasteiger partial charge in [-0.05, 0) is 48.1 Å². The van der Waals surface area contributed by atoms with Crippen LogP contribution in [0.15, 0.2) is 42.0 Å². The highest BCUT2D eigenvalue weighted by Crippen LogP contribution is 2.35. The zero-order valence-electron chi connectivity index (χ0n) is 15.6. The van der Waals surface area contributed by atoms with Crippen LogP contribution in [0.25, 0.3) is 6.08 Å². The van der Waals surface area contributed by atoms with Gasteiger partial charge in [0.1, 0.15) is 12.2 Å². The number of ether oxygens (including phenoxy) is 2. The van der Waals surface area contributed by atoms with Crippen LogP contribution < -0.4 is 19.7 Å². The summed E-state index contributed by atoms with van der Waals surface area (Å²) in [7, 11) is 1.47. The van der Waals surface area contributed by atoms with Gasteiger partial charge in [0.2, 0.25) is 0 Å².